The highest BCUT2D eigenvalue weighted by molar-refractivity contribution is 5.69. The Bertz CT molecular complexity index is 398. The van der Waals surface area contributed by atoms with E-state index in [0.29, 0.717) is 11.8 Å². The van der Waals surface area contributed by atoms with Gasteiger partial charge < -0.3 is 5.11 Å². The minimum Gasteiger partial charge on any atom is -0.480 e. The molecule has 0 saturated heterocycles. The standard InChI is InChI=1S/C26H49NO2/c1-5-9-11-13-15-17-19-24(7-3)21-27(23-26(28)29)22-25(8-4)20-18-16-14-12-10-6-2/h9-12,24-25H,5-8,13-23H2,1-4H3,(H,28,29)/b11-9+,12-10+. The van der Waals surface area contributed by atoms with Gasteiger partial charge in [0, 0.05) is 13.1 Å². The van der Waals surface area contributed by atoms with Crippen LogP contribution >= 0.6 is 0 Å². The third-order valence-electron chi connectivity index (χ3n) is 5.82. The van der Waals surface area contributed by atoms with Gasteiger partial charge in [-0.3, -0.25) is 9.69 Å². The monoisotopic (exact) mass is 407 g/mol. The number of rotatable bonds is 20. The summed E-state index contributed by atoms with van der Waals surface area (Å²) in [4.78, 5) is 13.6. The molecular weight excluding hydrogens is 358 g/mol. The molecule has 0 heterocycles. The second-order valence-corrected chi connectivity index (χ2v) is 8.46. The van der Waals surface area contributed by atoms with Crippen molar-refractivity contribution >= 4 is 5.97 Å². The van der Waals surface area contributed by atoms with E-state index in [2.05, 4.69) is 56.9 Å². The van der Waals surface area contributed by atoms with Crippen LogP contribution in [0.5, 0.6) is 0 Å². The molecule has 0 aromatic heterocycles. The molecule has 0 bridgehead atoms. The quantitative estimate of drug-likeness (QED) is 0.168. The van der Waals surface area contributed by atoms with E-state index in [1.165, 1.54) is 51.4 Å². The van der Waals surface area contributed by atoms with Gasteiger partial charge in [-0.25, -0.2) is 0 Å². The molecule has 0 spiro atoms. The number of aliphatic carboxylic acids is 1. The Labute approximate surface area is 181 Å². The maximum absolute atomic E-state index is 11.4. The highest BCUT2D eigenvalue weighted by atomic mass is 16.4. The largest absolute Gasteiger partial charge is 0.480 e. The molecule has 0 aliphatic carbocycles. The first-order chi connectivity index (χ1) is 14.1. The summed E-state index contributed by atoms with van der Waals surface area (Å²) in [5, 5.41) is 9.39. The predicted octanol–water partition coefficient (Wildman–Crippen LogP) is 7.48. The van der Waals surface area contributed by atoms with Crippen LogP contribution in [0, 0.1) is 11.8 Å². The van der Waals surface area contributed by atoms with Crippen molar-refractivity contribution in [2.45, 2.75) is 105 Å². The number of carboxylic acids is 1. The summed E-state index contributed by atoms with van der Waals surface area (Å²) in [6.07, 6.45) is 23.4. The Morgan fingerprint density at radius 3 is 1.55 bits per heavy atom. The molecule has 0 aromatic rings. The number of unbranched alkanes of at least 4 members (excludes halogenated alkanes) is 4. The molecule has 0 saturated carbocycles. The van der Waals surface area contributed by atoms with Gasteiger partial charge in [0.1, 0.15) is 0 Å². The normalized spacial score (nSPS) is 14.2. The Balaban J connectivity index is 4.44. The van der Waals surface area contributed by atoms with E-state index in [4.69, 9.17) is 0 Å². The third-order valence-corrected chi connectivity index (χ3v) is 5.82. The summed E-state index contributed by atoms with van der Waals surface area (Å²) in [6.45, 7) is 10.9. The van der Waals surface area contributed by atoms with E-state index in [-0.39, 0.29) is 6.54 Å². The minimum atomic E-state index is -0.691. The van der Waals surface area contributed by atoms with Gasteiger partial charge in [0.15, 0.2) is 0 Å². The summed E-state index contributed by atoms with van der Waals surface area (Å²) < 4.78 is 0. The average molecular weight is 408 g/mol. The maximum atomic E-state index is 11.4. The van der Waals surface area contributed by atoms with Crippen molar-refractivity contribution in [3.8, 4) is 0 Å². The van der Waals surface area contributed by atoms with Crippen molar-refractivity contribution in [1.29, 1.82) is 0 Å². The van der Waals surface area contributed by atoms with Gasteiger partial charge in [-0.1, -0.05) is 77.7 Å². The van der Waals surface area contributed by atoms with Gasteiger partial charge in [0.05, 0.1) is 6.54 Å². The Morgan fingerprint density at radius 2 is 1.21 bits per heavy atom. The molecule has 0 fully saturated rings. The molecule has 0 aliphatic heterocycles. The smallest absolute Gasteiger partial charge is 0.317 e. The second-order valence-electron chi connectivity index (χ2n) is 8.46. The van der Waals surface area contributed by atoms with Crippen molar-refractivity contribution < 1.29 is 9.90 Å². The zero-order valence-corrected chi connectivity index (χ0v) is 19.9. The van der Waals surface area contributed by atoms with E-state index in [1.54, 1.807) is 0 Å². The molecular formula is C26H49NO2. The van der Waals surface area contributed by atoms with Crippen LogP contribution in [0.15, 0.2) is 24.3 Å². The highest BCUT2D eigenvalue weighted by Gasteiger charge is 2.19. The maximum Gasteiger partial charge on any atom is 0.317 e. The molecule has 0 rings (SSSR count). The van der Waals surface area contributed by atoms with Crippen LogP contribution in [-0.2, 0) is 4.79 Å². The molecule has 3 nitrogen and oxygen atoms in total. The number of carbonyl (C=O) groups is 1. The number of hydrogen-bond donors (Lipinski definition) is 1. The second kappa shape index (κ2) is 20.2. The van der Waals surface area contributed by atoms with Crippen molar-refractivity contribution in [3.05, 3.63) is 24.3 Å². The molecule has 170 valence electrons. The number of carboxylic acid groups (broad SMARTS) is 1. The molecule has 2 atom stereocenters. The van der Waals surface area contributed by atoms with E-state index >= 15 is 0 Å². The summed E-state index contributed by atoms with van der Waals surface area (Å²) >= 11 is 0. The van der Waals surface area contributed by atoms with Crippen molar-refractivity contribution in [3.63, 3.8) is 0 Å². The SMILES string of the molecule is CC/C=C/CCCCC(CC)CN(CC(=O)O)CC(CC)CCCC/C=C/CC. The first-order valence-corrected chi connectivity index (χ1v) is 12.3. The summed E-state index contributed by atoms with van der Waals surface area (Å²) in [5.74, 6) is 0.534. The zero-order chi connectivity index (χ0) is 21.7. The summed E-state index contributed by atoms with van der Waals surface area (Å²) in [6, 6.07) is 0. The van der Waals surface area contributed by atoms with Gasteiger partial charge in [0.25, 0.3) is 0 Å². The fourth-order valence-corrected chi connectivity index (χ4v) is 3.93. The lowest BCUT2D eigenvalue weighted by atomic mass is 9.95. The van der Waals surface area contributed by atoms with Crippen LogP contribution < -0.4 is 0 Å². The highest BCUT2D eigenvalue weighted by Crippen LogP contribution is 2.20. The van der Waals surface area contributed by atoms with Crippen LogP contribution in [0.3, 0.4) is 0 Å². The van der Waals surface area contributed by atoms with Crippen molar-refractivity contribution in [2.75, 3.05) is 19.6 Å². The van der Waals surface area contributed by atoms with Gasteiger partial charge >= 0.3 is 5.97 Å². The average Bonchev–Trinajstić information content (AvgIpc) is 2.70. The Kier molecular flexibility index (Phi) is 19.4. The third kappa shape index (κ3) is 17.5. The van der Waals surface area contributed by atoms with E-state index in [0.717, 1.165) is 38.8 Å². The Morgan fingerprint density at radius 1 is 0.759 bits per heavy atom. The lowest BCUT2D eigenvalue weighted by Gasteiger charge is -2.29. The first-order valence-electron chi connectivity index (χ1n) is 12.3. The summed E-state index contributed by atoms with van der Waals surface area (Å²) in [5.41, 5.74) is 0. The topological polar surface area (TPSA) is 40.5 Å². The van der Waals surface area contributed by atoms with Gasteiger partial charge in [-0.05, 0) is 63.2 Å². The van der Waals surface area contributed by atoms with Gasteiger partial charge in [-0.15, -0.1) is 0 Å². The Hall–Kier alpha value is -1.09. The fraction of sp³-hybridized carbons (Fsp3) is 0.808. The molecule has 0 amide bonds. The van der Waals surface area contributed by atoms with Crippen LogP contribution in [0.1, 0.15) is 105 Å². The van der Waals surface area contributed by atoms with E-state index in [9.17, 15) is 9.90 Å². The number of allylic oxidation sites excluding steroid dienone is 4. The number of hydrogen-bond acceptors (Lipinski definition) is 2. The molecule has 29 heavy (non-hydrogen) atoms. The molecule has 2 unspecified atom stereocenters. The molecule has 3 heteroatoms. The fourth-order valence-electron chi connectivity index (χ4n) is 3.93. The lowest BCUT2D eigenvalue weighted by molar-refractivity contribution is -0.138. The molecule has 0 radical (unpaired) electrons. The molecule has 1 N–H and O–H groups in total. The van der Waals surface area contributed by atoms with Crippen LogP contribution in [0.4, 0.5) is 0 Å². The first kappa shape index (κ1) is 27.9. The predicted molar refractivity (Wildman–Crippen MR) is 127 cm³/mol. The van der Waals surface area contributed by atoms with Crippen LogP contribution in [0.2, 0.25) is 0 Å². The number of nitrogens with zero attached hydrogens (tertiary/aromatic N) is 1. The molecule has 0 aliphatic rings. The van der Waals surface area contributed by atoms with Gasteiger partial charge in [-0.2, -0.15) is 0 Å². The van der Waals surface area contributed by atoms with Crippen LogP contribution in [-0.4, -0.2) is 35.6 Å². The van der Waals surface area contributed by atoms with Crippen molar-refractivity contribution in [2.24, 2.45) is 11.8 Å². The van der Waals surface area contributed by atoms with Crippen LogP contribution in [0.25, 0.3) is 0 Å². The lowest BCUT2D eigenvalue weighted by Crippen LogP contribution is -2.37. The van der Waals surface area contributed by atoms with E-state index < -0.39 is 5.97 Å². The zero-order valence-electron chi connectivity index (χ0n) is 19.9. The van der Waals surface area contributed by atoms with E-state index in [1.807, 2.05) is 0 Å². The van der Waals surface area contributed by atoms with Gasteiger partial charge in [0.2, 0.25) is 0 Å². The molecule has 0 aromatic carbocycles. The summed E-state index contributed by atoms with van der Waals surface area (Å²) in [7, 11) is 0. The van der Waals surface area contributed by atoms with Crippen molar-refractivity contribution in [1.82, 2.24) is 4.90 Å². The minimum absolute atomic E-state index is 0.186.